The Morgan fingerprint density at radius 3 is 2.89 bits per heavy atom. The van der Waals surface area contributed by atoms with Crippen LogP contribution in [0.3, 0.4) is 0 Å². The minimum absolute atomic E-state index is 0.285. The molecule has 0 aliphatic carbocycles. The van der Waals surface area contributed by atoms with Crippen molar-refractivity contribution in [2.24, 2.45) is 0 Å². The van der Waals surface area contributed by atoms with Crippen molar-refractivity contribution in [1.29, 1.82) is 5.26 Å². The molecule has 0 saturated carbocycles. The van der Waals surface area contributed by atoms with Crippen molar-refractivity contribution in [2.45, 2.75) is 6.92 Å². The number of hydrogen-bond donors (Lipinski definition) is 2. The number of nitrogen functional groups attached to an aromatic ring is 1. The maximum absolute atomic E-state index is 12.1. The van der Waals surface area contributed by atoms with E-state index in [2.05, 4.69) is 16.4 Å². The molecule has 0 fully saturated rings. The summed E-state index contributed by atoms with van der Waals surface area (Å²) >= 11 is 0. The Hall–Kier alpha value is -2.87. The molecule has 1 heterocycles. The zero-order chi connectivity index (χ0) is 13.8. The molecule has 1 aromatic heterocycles. The number of carbonyl (C=O) groups excluding carboxylic acids is 1. The van der Waals surface area contributed by atoms with E-state index < -0.39 is 0 Å². The van der Waals surface area contributed by atoms with Crippen LogP contribution in [0.1, 0.15) is 21.5 Å². The fourth-order valence-electron chi connectivity index (χ4n) is 1.70. The molecule has 1 amide bonds. The van der Waals surface area contributed by atoms with Gasteiger partial charge in [0.25, 0.3) is 5.91 Å². The smallest absolute Gasteiger partial charge is 0.259 e. The molecule has 2 rings (SSSR count). The van der Waals surface area contributed by atoms with Crippen molar-refractivity contribution in [3.8, 4) is 6.07 Å². The zero-order valence-electron chi connectivity index (χ0n) is 10.3. The Kier molecular flexibility index (Phi) is 3.44. The Morgan fingerprint density at radius 1 is 1.42 bits per heavy atom. The fourth-order valence-corrected chi connectivity index (χ4v) is 1.70. The molecule has 0 aliphatic heterocycles. The number of benzene rings is 1. The third-order valence-corrected chi connectivity index (χ3v) is 2.73. The maximum Gasteiger partial charge on any atom is 0.259 e. The molecule has 2 aromatic rings. The van der Waals surface area contributed by atoms with Crippen molar-refractivity contribution in [1.82, 2.24) is 4.98 Å². The number of aromatic nitrogens is 1. The van der Waals surface area contributed by atoms with E-state index >= 15 is 0 Å². The predicted octanol–water partition coefficient (Wildman–Crippen LogP) is 2.10. The van der Waals surface area contributed by atoms with Crippen LogP contribution in [-0.2, 0) is 0 Å². The molecule has 3 N–H and O–H groups in total. The van der Waals surface area contributed by atoms with Crippen LogP contribution < -0.4 is 11.1 Å². The number of nitrogens with zero attached hydrogens (tertiary/aromatic N) is 2. The molecular formula is C14H12N4O. The van der Waals surface area contributed by atoms with Gasteiger partial charge in [0.2, 0.25) is 0 Å². The van der Waals surface area contributed by atoms with Crippen molar-refractivity contribution < 1.29 is 4.79 Å². The molecule has 19 heavy (non-hydrogen) atoms. The first-order chi connectivity index (χ1) is 9.13. The topological polar surface area (TPSA) is 91.8 Å². The Bertz CT molecular complexity index is 673. The van der Waals surface area contributed by atoms with E-state index in [-0.39, 0.29) is 11.5 Å². The molecule has 94 valence electrons. The highest BCUT2D eigenvalue weighted by molar-refractivity contribution is 6.08. The van der Waals surface area contributed by atoms with Crippen LogP contribution in [0.15, 0.2) is 36.7 Å². The third kappa shape index (κ3) is 2.53. The van der Waals surface area contributed by atoms with Gasteiger partial charge in [-0.05, 0) is 24.6 Å². The van der Waals surface area contributed by atoms with E-state index in [9.17, 15) is 4.79 Å². The Labute approximate surface area is 110 Å². The zero-order valence-corrected chi connectivity index (χ0v) is 10.3. The molecule has 0 atom stereocenters. The van der Waals surface area contributed by atoms with Gasteiger partial charge in [0.1, 0.15) is 6.07 Å². The van der Waals surface area contributed by atoms with Gasteiger partial charge in [0.15, 0.2) is 0 Å². The largest absolute Gasteiger partial charge is 0.398 e. The number of carbonyl (C=O) groups is 1. The van der Waals surface area contributed by atoms with E-state index in [1.165, 1.54) is 12.4 Å². The van der Waals surface area contributed by atoms with Crippen molar-refractivity contribution >= 4 is 17.3 Å². The SMILES string of the molecule is Cc1cccc(NC(=O)c2cnccc2N)c1C#N. The Morgan fingerprint density at radius 2 is 2.21 bits per heavy atom. The monoisotopic (exact) mass is 252 g/mol. The van der Waals surface area contributed by atoms with E-state index in [1.807, 2.05) is 13.0 Å². The predicted molar refractivity (Wildman–Crippen MR) is 72.5 cm³/mol. The van der Waals surface area contributed by atoms with Crippen LogP contribution in [0.25, 0.3) is 0 Å². The quantitative estimate of drug-likeness (QED) is 0.856. The minimum atomic E-state index is -0.382. The van der Waals surface area contributed by atoms with Gasteiger partial charge < -0.3 is 11.1 Å². The second kappa shape index (κ2) is 5.19. The summed E-state index contributed by atoms with van der Waals surface area (Å²) in [4.78, 5) is 15.9. The van der Waals surface area contributed by atoms with Gasteiger partial charge in [-0.2, -0.15) is 5.26 Å². The molecule has 0 unspecified atom stereocenters. The molecule has 5 heteroatoms. The van der Waals surface area contributed by atoms with Crippen LogP contribution in [0.5, 0.6) is 0 Å². The molecular weight excluding hydrogens is 240 g/mol. The van der Waals surface area contributed by atoms with Gasteiger partial charge in [-0.1, -0.05) is 12.1 Å². The maximum atomic E-state index is 12.1. The molecule has 0 bridgehead atoms. The van der Waals surface area contributed by atoms with Gasteiger partial charge in [-0.3, -0.25) is 9.78 Å². The number of anilines is 2. The number of hydrogen-bond acceptors (Lipinski definition) is 4. The van der Waals surface area contributed by atoms with Crippen molar-refractivity contribution in [3.05, 3.63) is 53.3 Å². The van der Waals surface area contributed by atoms with E-state index in [4.69, 9.17) is 11.0 Å². The van der Waals surface area contributed by atoms with Crippen LogP contribution in [-0.4, -0.2) is 10.9 Å². The number of amides is 1. The molecule has 0 radical (unpaired) electrons. The van der Waals surface area contributed by atoms with Crippen molar-refractivity contribution in [3.63, 3.8) is 0 Å². The highest BCUT2D eigenvalue weighted by Gasteiger charge is 2.12. The molecule has 0 saturated heterocycles. The van der Waals surface area contributed by atoms with Gasteiger partial charge in [-0.25, -0.2) is 0 Å². The lowest BCUT2D eigenvalue weighted by Gasteiger charge is -2.09. The van der Waals surface area contributed by atoms with Crippen molar-refractivity contribution in [2.75, 3.05) is 11.1 Å². The van der Waals surface area contributed by atoms with Crippen LogP contribution in [0.2, 0.25) is 0 Å². The summed E-state index contributed by atoms with van der Waals surface area (Å²) in [6.07, 6.45) is 2.91. The standard InChI is InChI=1S/C14H12N4O/c1-9-3-2-4-13(10(9)7-15)18-14(19)11-8-17-6-5-12(11)16/h2-6,8H,1H3,(H2,16,17)(H,18,19). The van der Waals surface area contributed by atoms with E-state index in [0.29, 0.717) is 16.9 Å². The number of rotatable bonds is 2. The Balaban J connectivity index is 2.33. The summed E-state index contributed by atoms with van der Waals surface area (Å²) < 4.78 is 0. The average Bonchev–Trinajstić information content (AvgIpc) is 2.39. The normalized spacial score (nSPS) is 9.68. The third-order valence-electron chi connectivity index (χ3n) is 2.73. The number of nitrogens with two attached hydrogens (primary N) is 1. The second-order valence-corrected chi connectivity index (χ2v) is 4.03. The second-order valence-electron chi connectivity index (χ2n) is 4.03. The summed E-state index contributed by atoms with van der Waals surface area (Å²) in [6.45, 7) is 1.81. The lowest BCUT2D eigenvalue weighted by atomic mass is 10.1. The van der Waals surface area contributed by atoms with E-state index in [1.54, 1.807) is 18.2 Å². The van der Waals surface area contributed by atoms with E-state index in [0.717, 1.165) is 5.56 Å². The van der Waals surface area contributed by atoms with Crippen LogP contribution >= 0.6 is 0 Å². The molecule has 0 spiro atoms. The average molecular weight is 252 g/mol. The molecule has 5 nitrogen and oxygen atoms in total. The first kappa shape index (κ1) is 12.6. The lowest BCUT2D eigenvalue weighted by molar-refractivity contribution is 0.102. The minimum Gasteiger partial charge on any atom is -0.398 e. The number of pyridine rings is 1. The van der Waals surface area contributed by atoms with Gasteiger partial charge in [0, 0.05) is 18.1 Å². The lowest BCUT2D eigenvalue weighted by Crippen LogP contribution is -2.15. The molecule has 1 aromatic carbocycles. The summed E-state index contributed by atoms with van der Waals surface area (Å²) in [6, 6.07) is 8.89. The van der Waals surface area contributed by atoms with Crippen LogP contribution in [0.4, 0.5) is 11.4 Å². The fraction of sp³-hybridized carbons (Fsp3) is 0.0714. The summed E-state index contributed by atoms with van der Waals surface area (Å²) in [5.74, 6) is -0.382. The number of nitriles is 1. The summed E-state index contributed by atoms with van der Waals surface area (Å²) in [5.41, 5.74) is 8.06. The highest BCUT2D eigenvalue weighted by atomic mass is 16.1. The van der Waals surface area contributed by atoms with Gasteiger partial charge in [0.05, 0.1) is 16.8 Å². The number of aryl methyl sites for hydroxylation is 1. The molecule has 0 aliphatic rings. The first-order valence-electron chi connectivity index (χ1n) is 5.64. The van der Waals surface area contributed by atoms with Gasteiger partial charge in [-0.15, -0.1) is 0 Å². The number of nitrogens with one attached hydrogen (secondary N) is 1. The highest BCUT2D eigenvalue weighted by Crippen LogP contribution is 2.20. The first-order valence-corrected chi connectivity index (χ1v) is 5.64. The summed E-state index contributed by atoms with van der Waals surface area (Å²) in [5, 5.41) is 11.8. The van der Waals surface area contributed by atoms with Crippen LogP contribution in [0, 0.1) is 18.3 Å². The summed E-state index contributed by atoms with van der Waals surface area (Å²) in [7, 11) is 0. The van der Waals surface area contributed by atoms with Gasteiger partial charge >= 0.3 is 0 Å².